The van der Waals surface area contributed by atoms with Crippen LogP contribution >= 0.6 is 0 Å². The van der Waals surface area contributed by atoms with Crippen LogP contribution in [0.3, 0.4) is 0 Å². The van der Waals surface area contributed by atoms with Gasteiger partial charge in [-0.1, -0.05) is 12.1 Å². The molecule has 1 atom stereocenters. The summed E-state index contributed by atoms with van der Waals surface area (Å²) < 4.78 is 43.2. The van der Waals surface area contributed by atoms with E-state index in [9.17, 15) is 18.3 Å². The first kappa shape index (κ1) is 14.3. The maximum atomic E-state index is 12.6. The first-order chi connectivity index (χ1) is 8.86. The lowest BCUT2D eigenvalue weighted by atomic mass is 9.75. The number of hydrogen-bond donors (Lipinski definition) is 1. The molecule has 1 aliphatic carbocycles. The molecule has 106 valence electrons. The Bertz CT molecular complexity index is 433. The maximum Gasteiger partial charge on any atom is 0.416 e. The van der Waals surface area contributed by atoms with E-state index in [0.717, 1.165) is 31.4 Å². The normalized spacial score (nSPS) is 19.8. The molecule has 0 radical (unpaired) electrons. The molecule has 0 saturated heterocycles. The molecule has 2 nitrogen and oxygen atoms in total. The summed E-state index contributed by atoms with van der Waals surface area (Å²) in [7, 11) is 1.58. The summed E-state index contributed by atoms with van der Waals surface area (Å²) in [6.07, 6.45) is -2.25. The van der Waals surface area contributed by atoms with E-state index in [1.54, 1.807) is 7.11 Å². The third kappa shape index (κ3) is 3.09. The molecule has 19 heavy (non-hydrogen) atoms. The predicted molar refractivity (Wildman–Crippen MR) is 64.6 cm³/mol. The summed E-state index contributed by atoms with van der Waals surface area (Å²) in [4.78, 5) is 0. The lowest BCUT2D eigenvalue weighted by Crippen LogP contribution is -2.40. The highest BCUT2D eigenvalue weighted by Crippen LogP contribution is 2.42. The molecule has 1 unspecified atom stereocenters. The minimum atomic E-state index is -4.38. The molecule has 0 spiro atoms. The van der Waals surface area contributed by atoms with Gasteiger partial charge in [0.05, 0.1) is 17.3 Å². The van der Waals surface area contributed by atoms with E-state index in [1.807, 2.05) is 0 Å². The number of rotatable bonds is 4. The van der Waals surface area contributed by atoms with Crippen molar-refractivity contribution in [1.82, 2.24) is 0 Å². The second-order valence-electron chi connectivity index (χ2n) is 5.08. The zero-order valence-electron chi connectivity index (χ0n) is 10.7. The standard InChI is InChI=1S/C14H17F3O2/c1-19-13(6-3-7-13)9-12(18)10-4-2-5-11(8-10)14(15,16)17/h2,4-5,8,12,18H,3,6-7,9H2,1H3. The van der Waals surface area contributed by atoms with Gasteiger partial charge in [0.25, 0.3) is 0 Å². The fourth-order valence-electron chi connectivity index (χ4n) is 2.46. The van der Waals surface area contributed by atoms with Crippen LogP contribution in [-0.4, -0.2) is 17.8 Å². The van der Waals surface area contributed by atoms with Gasteiger partial charge in [0, 0.05) is 13.5 Å². The van der Waals surface area contributed by atoms with Crippen molar-refractivity contribution in [2.24, 2.45) is 0 Å². The van der Waals surface area contributed by atoms with E-state index in [0.29, 0.717) is 6.42 Å². The summed E-state index contributed by atoms with van der Waals surface area (Å²) in [5.74, 6) is 0. The fraction of sp³-hybridized carbons (Fsp3) is 0.571. The second kappa shape index (κ2) is 5.13. The number of aliphatic hydroxyl groups excluding tert-OH is 1. The molecular formula is C14H17F3O2. The van der Waals surface area contributed by atoms with E-state index in [4.69, 9.17) is 4.74 Å². The lowest BCUT2D eigenvalue weighted by molar-refractivity contribution is -0.137. The number of benzene rings is 1. The summed E-state index contributed by atoms with van der Waals surface area (Å²) >= 11 is 0. The van der Waals surface area contributed by atoms with Gasteiger partial charge in [-0.25, -0.2) is 0 Å². The van der Waals surface area contributed by atoms with Crippen molar-refractivity contribution >= 4 is 0 Å². The molecule has 0 heterocycles. The molecule has 0 aliphatic heterocycles. The Balaban J connectivity index is 2.13. The summed E-state index contributed by atoms with van der Waals surface area (Å²) in [5.41, 5.74) is -0.810. The number of methoxy groups -OCH3 is 1. The highest BCUT2D eigenvalue weighted by molar-refractivity contribution is 5.27. The molecule has 0 aromatic heterocycles. The van der Waals surface area contributed by atoms with Gasteiger partial charge < -0.3 is 9.84 Å². The monoisotopic (exact) mass is 274 g/mol. The van der Waals surface area contributed by atoms with Crippen LogP contribution in [0.25, 0.3) is 0 Å². The fourth-order valence-corrected chi connectivity index (χ4v) is 2.46. The van der Waals surface area contributed by atoms with Crippen molar-refractivity contribution in [3.05, 3.63) is 35.4 Å². The average Bonchev–Trinajstić information content (AvgIpc) is 2.32. The Labute approximate surface area is 110 Å². The molecule has 1 fully saturated rings. The Hall–Kier alpha value is -1.07. The van der Waals surface area contributed by atoms with Gasteiger partial charge in [-0.15, -0.1) is 0 Å². The van der Waals surface area contributed by atoms with E-state index in [2.05, 4.69) is 0 Å². The molecule has 1 aliphatic rings. The zero-order chi connectivity index (χ0) is 14.1. The van der Waals surface area contributed by atoms with Crippen molar-refractivity contribution < 1.29 is 23.0 Å². The number of aliphatic hydroxyl groups is 1. The summed E-state index contributed by atoms with van der Waals surface area (Å²) in [5, 5.41) is 10.1. The van der Waals surface area contributed by atoms with E-state index in [1.165, 1.54) is 12.1 Å². The number of alkyl halides is 3. The topological polar surface area (TPSA) is 29.5 Å². The van der Waals surface area contributed by atoms with Crippen molar-refractivity contribution in [1.29, 1.82) is 0 Å². The lowest BCUT2D eigenvalue weighted by Gasteiger charge is -2.41. The molecule has 0 bridgehead atoms. The van der Waals surface area contributed by atoms with Gasteiger partial charge in [0.15, 0.2) is 0 Å². The Morgan fingerprint density at radius 2 is 2.05 bits per heavy atom. The van der Waals surface area contributed by atoms with Crippen LogP contribution in [-0.2, 0) is 10.9 Å². The molecule has 1 aromatic carbocycles. The molecular weight excluding hydrogens is 257 g/mol. The largest absolute Gasteiger partial charge is 0.416 e. The second-order valence-corrected chi connectivity index (χ2v) is 5.08. The minimum absolute atomic E-state index is 0.290. The molecule has 1 N–H and O–H groups in total. The van der Waals surface area contributed by atoms with Crippen molar-refractivity contribution in [3.8, 4) is 0 Å². The van der Waals surface area contributed by atoms with E-state index in [-0.39, 0.29) is 11.2 Å². The predicted octanol–water partition coefficient (Wildman–Crippen LogP) is 3.70. The Morgan fingerprint density at radius 3 is 2.53 bits per heavy atom. The maximum absolute atomic E-state index is 12.6. The third-order valence-electron chi connectivity index (χ3n) is 3.86. The molecule has 5 heteroatoms. The number of ether oxygens (including phenoxy) is 1. The molecule has 0 amide bonds. The highest BCUT2D eigenvalue weighted by atomic mass is 19.4. The van der Waals surface area contributed by atoms with Gasteiger partial charge in [0.2, 0.25) is 0 Å². The van der Waals surface area contributed by atoms with Crippen molar-refractivity contribution in [2.75, 3.05) is 7.11 Å². The zero-order valence-corrected chi connectivity index (χ0v) is 10.7. The molecule has 1 aromatic rings. The molecule has 2 rings (SSSR count). The quantitative estimate of drug-likeness (QED) is 0.907. The Kier molecular flexibility index (Phi) is 3.87. The number of hydrogen-bond acceptors (Lipinski definition) is 2. The minimum Gasteiger partial charge on any atom is -0.388 e. The first-order valence-corrected chi connectivity index (χ1v) is 6.27. The SMILES string of the molecule is COC1(CC(O)c2cccc(C(F)(F)F)c2)CCC1. The first-order valence-electron chi connectivity index (χ1n) is 6.27. The van der Waals surface area contributed by atoms with Crippen LogP contribution in [0.4, 0.5) is 13.2 Å². The average molecular weight is 274 g/mol. The van der Waals surface area contributed by atoms with Gasteiger partial charge >= 0.3 is 6.18 Å². The van der Waals surface area contributed by atoms with E-state index < -0.39 is 17.8 Å². The van der Waals surface area contributed by atoms with Crippen LogP contribution in [0, 0.1) is 0 Å². The Morgan fingerprint density at radius 1 is 1.37 bits per heavy atom. The van der Waals surface area contributed by atoms with Crippen LogP contribution in [0.5, 0.6) is 0 Å². The van der Waals surface area contributed by atoms with Crippen molar-refractivity contribution in [3.63, 3.8) is 0 Å². The van der Waals surface area contributed by atoms with Gasteiger partial charge in [0.1, 0.15) is 0 Å². The van der Waals surface area contributed by atoms with Gasteiger partial charge in [-0.2, -0.15) is 13.2 Å². The van der Waals surface area contributed by atoms with Crippen LogP contribution in [0.15, 0.2) is 24.3 Å². The van der Waals surface area contributed by atoms with Gasteiger partial charge in [-0.05, 0) is 37.0 Å². The van der Waals surface area contributed by atoms with Crippen LogP contribution in [0.2, 0.25) is 0 Å². The summed E-state index contributed by atoms with van der Waals surface area (Å²) in [6.45, 7) is 0. The van der Waals surface area contributed by atoms with Crippen LogP contribution < -0.4 is 0 Å². The van der Waals surface area contributed by atoms with Crippen LogP contribution in [0.1, 0.15) is 42.9 Å². The number of halogens is 3. The highest BCUT2D eigenvalue weighted by Gasteiger charge is 2.39. The summed E-state index contributed by atoms with van der Waals surface area (Å²) in [6, 6.07) is 4.85. The molecule has 1 saturated carbocycles. The van der Waals surface area contributed by atoms with Crippen molar-refractivity contribution in [2.45, 2.75) is 43.6 Å². The smallest absolute Gasteiger partial charge is 0.388 e. The van der Waals surface area contributed by atoms with E-state index >= 15 is 0 Å². The third-order valence-corrected chi connectivity index (χ3v) is 3.86. The van der Waals surface area contributed by atoms with Gasteiger partial charge in [-0.3, -0.25) is 0 Å².